The zero-order valence-electron chi connectivity index (χ0n) is 14.6. The predicted octanol–water partition coefficient (Wildman–Crippen LogP) is 2.00. The summed E-state index contributed by atoms with van der Waals surface area (Å²) in [6.07, 6.45) is 5.67. The number of hydrogen-bond acceptors (Lipinski definition) is 7. The number of nitrogens with zero attached hydrogens (tertiary/aromatic N) is 6. The molecule has 0 aliphatic rings. The predicted molar refractivity (Wildman–Crippen MR) is 99.9 cm³/mol. The zero-order chi connectivity index (χ0) is 18.5. The van der Waals surface area contributed by atoms with Crippen molar-refractivity contribution in [2.45, 2.75) is 19.9 Å². The molecule has 0 spiro atoms. The molecule has 136 valence electrons. The van der Waals surface area contributed by atoms with Crippen LogP contribution in [0.15, 0.2) is 33.9 Å². The topological polar surface area (TPSA) is 107 Å². The van der Waals surface area contributed by atoms with Crippen molar-refractivity contribution in [3.8, 4) is 0 Å². The Morgan fingerprint density at radius 1 is 1.33 bits per heavy atom. The molecule has 0 bridgehead atoms. The molecule has 0 radical (unpaired) electrons. The van der Waals surface area contributed by atoms with Gasteiger partial charge >= 0.3 is 0 Å². The molecule has 0 atom stereocenters. The third kappa shape index (κ3) is 2.56. The molecular weight excluding hydrogens is 366 g/mol. The third-order valence-corrected chi connectivity index (χ3v) is 5.53. The summed E-state index contributed by atoms with van der Waals surface area (Å²) in [5, 5.41) is 13.0. The first-order valence-electron chi connectivity index (χ1n) is 8.33. The lowest BCUT2D eigenvalue weighted by molar-refractivity contribution is 0.519. The van der Waals surface area contributed by atoms with Gasteiger partial charge in [0.15, 0.2) is 11.5 Å². The van der Waals surface area contributed by atoms with Crippen LogP contribution in [0.1, 0.15) is 22.3 Å². The molecule has 0 unspecified atom stereocenters. The van der Waals surface area contributed by atoms with E-state index in [1.807, 2.05) is 17.7 Å². The van der Waals surface area contributed by atoms with Crippen LogP contribution in [0, 0.1) is 6.92 Å². The van der Waals surface area contributed by atoms with Crippen molar-refractivity contribution in [2.24, 2.45) is 7.05 Å². The number of thiazole rings is 1. The highest BCUT2D eigenvalue weighted by molar-refractivity contribution is 7.19. The SMILES string of the molecule is Cc1nc(Cn2ncc3c4sc(Cc5ccn[nH]5)nc4n(C)c3c2=O)co1. The van der Waals surface area contributed by atoms with E-state index in [0.717, 1.165) is 26.4 Å². The fourth-order valence-corrected chi connectivity index (χ4v) is 4.33. The number of aryl methyl sites for hydroxylation is 2. The average molecular weight is 381 g/mol. The Labute approximate surface area is 156 Å². The summed E-state index contributed by atoms with van der Waals surface area (Å²) in [5.41, 5.74) is 2.88. The summed E-state index contributed by atoms with van der Waals surface area (Å²) in [5.74, 6) is 0.563. The van der Waals surface area contributed by atoms with E-state index in [9.17, 15) is 4.79 Å². The molecule has 0 saturated heterocycles. The van der Waals surface area contributed by atoms with E-state index < -0.39 is 0 Å². The van der Waals surface area contributed by atoms with Crippen molar-refractivity contribution in [1.29, 1.82) is 0 Å². The zero-order valence-corrected chi connectivity index (χ0v) is 15.4. The molecule has 0 fully saturated rings. The highest BCUT2D eigenvalue weighted by atomic mass is 32.1. The first-order valence-corrected chi connectivity index (χ1v) is 9.15. The second-order valence-electron chi connectivity index (χ2n) is 6.31. The number of fused-ring (bicyclic) bond motifs is 3. The van der Waals surface area contributed by atoms with Crippen LogP contribution in [-0.4, -0.2) is 34.5 Å². The van der Waals surface area contributed by atoms with Crippen LogP contribution in [0.3, 0.4) is 0 Å². The van der Waals surface area contributed by atoms with Gasteiger partial charge < -0.3 is 8.98 Å². The fourth-order valence-electron chi connectivity index (χ4n) is 3.20. The summed E-state index contributed by atoms with van der Waals surface area (Å²) in [4.78, 5) is 21.9. The van der Waals surface area contributed by atoms with Crippen LogP contribution in [0.5, 0.6) is 0 Å². The van der Waals surface area contributed by atoms with Crippen LogP contribution < -0.4 is 5.56 Å². The van der Waals surface area contributed by atoms with Gasteiger partial charge in [0.25, 0.3) is 5.56 Å². The van der Waals surface area contributed by atoms with Gasteiger partial charge in [0.1, 0.15) is 22.5 Å². The number of H-pyrrole nitrogens is 1. The minimum Gasteiger partial charge on any atom is -0.449 e. The molecular formula is C17H15N7O2S. The summed E-state index contributed by atoms with van der Waals surface area (Å²) < 4.78 is 9.41. The Hall–Kier alpha value is -3.27. The largest absolute Gasteiger partial charge is 0.449 e. The Morgan fingerprint density at radius 3 is 2.96 bits per heavy atom. The van der Waals surface area contributed by atoms with Gasteiger partial charge in [0.05, 0.1) is 17.4 Å². The van der Waals surface area contributed by atoms with E-state index in [1.165, 1.54) is 4.68 Å². The van der Waals surface area contributed by atoms with Gasteiger partial charge in [-0.2, -0.15) is 10.2 Å². The van der Waals surface area contributed by atoms with Crippen molar-refractivity contribution in [3.63, 3.8) is 0 Å². The van der Waals surface area contributed by atoms with Gasteiger partial charge in [0, 0.05) is 37.7 Å². The van der Waals surface area contributed by atoms with Crippen molar-refractivity contribution >= 4 is 32.6 Å². The Balaban J connectivity index is 1.60. The number of nitrogens with one attached hydrogen (secondary N) is 1. The quantitative estimate of drug-likeness (QED) is 0.510. The van der Waals surface area contributed by atoms with E-state index in [0.29, 0.717) is 23.5 Å². The van der Waals surface area contributed by atoms with Crippen LogP contribution in [0.2, 0.25) is 0 Å². The van der Waals surface area contributed by atoms with Gasteiger partial charge in [-0.15, -0.1) is 11.3 Å². The van der Waals surface area contributed by atoms with Crippen molar-refractivity contribution in [1.82, 2.24) is 34.5 Å². The molecule has 5 aromatic heterocycles. The number of oxazole rings is 1. The second kappa shape index (κ2) is 5.88. The molecule has 5 heterocycles. The lowest BCUT2D eigenvalue weighted by Gasteiger charge is -2.03. The summed E-state index contributed by atoms with van der Waals surface area (Å²) >= 11 is 1.57. The third-order valence-electron chi connectivity index (χ3n) is 4.45. The first kappa shape index (κ1) is 15.9. The molecule has 1 N–H and O–H groups in total. The van der Waals surface area contributed by atoms with Gasteiger partial charge in [-0.1, -0.05) is 0 Å². The van der Waals surface area contributed by atoms with Crippen LogP contribution in [0.4, 0.5) is 0 Å². The molecule has 0 amide bonds. The standard InChI is InChI=1S/C17H15N7O2S/c1-9-20-11(8-26-9)7-24-17(25)14-12(6-19-24)15-16(23(14)2)21-13(27-15)5-10-3-4-18-22-10/h3-4,6,8H,5,7H2,1-2H3,(H,18,22). The van der Waals surface area contributed by atoms with E-state index in [1.54, 1.807) is 36.9 Å². The van der Waals surface area contributed by atoms with Gasteiger partial charge in [-0.3, -0.25) is 9.89 Å². The molecule has 27 heavy (non-hydrogen) atoms. The summed E-state index contributed by atoms with van der Waals surface area (Å²) in [7, 11) is 1.86. The molecule has 0 aliphatic heterocycles. The molecule has 10 heteroatoms. The maximum absolute atomic E-state index is 13.0. The summed E-state index contributed by atoms with van der Waals surface area (Å²) in [6.45, 7) is 2.03. The lowest BCUT2D eigenvalue weighted by Crippen LogP contribution is -2.24. The Bertz CT molecular complexity index is 1320. The molecule has 0 saturated carbocycles. The molecule has 9 nitrogen and oxygen atoms in total. The highest BCUT2D eigenvalue weighted by Crippen LogP contribution is 2.31. The smallest absolute Gasteiger partial charge is 0.291 e. The van der Waals surface area contributed by atoms with E-state index in [2.05, 4.69) is 20.3 Å². The van der Waals surface area contributed by atoms with Crippen molar-refractivity contribution < 1.29 is 4.42 Å². The molecule has 5 rings (SSSR count). The van der Waals surface area contributed by atoms with Gasteiger partial charge in [-0.05, 0) is 6.07 Å². The highest BCUT2D eigenvalue weighted by Gasteiger charge is 2.18. The minimum atomic E-state index is -0.170. The van der Waals surface area contributed by atoms with Crippen molar-refractivity contribution in [2.75, 3.05) is 0 Å². The minimum absolute atomic E-state index is 0.170. The van der Waals surface area contributed by atoms with E-state index >= 15 is 0 Å². The maximum atomic E-state index is 13.0. The molecule has 5 aromatic rings. The molecule has 0 aliphatic carbocycles. The monoisotopic (exact) mass is 381 g/mol. The molecule has 0 aromatic carbocycles. The normalized spacial score (nSPS) is 11.8. The van der Waals surface area contributed by atoms with Crippen molar-refractivity contribution in [3.05, 3.63) is 57.4 Å². The lowest BCUT2D eigenvalue weighted by atomic mass is 10.3. The van der Waals surface area contributed by atoms with Gasteiger partial charge in [0.2, 0.25) is 0 Å². The summed E-state index contributed by atoms with van der Waals surface area (Å²) in [6, 6.07) is 1.93. The Kier molecular flexibility index (Phi) is 3.47. The van der Waals surface area contributed by atoms with Crippen LogP contribution in [-0.2, 0) is 20.0 Å². The van der Waals surface area contributed by atoms with E-state index in [-0.39, 0.29) is 12.1 Å². The first-order chi connectivity index (χ1) is 13.1. The fraction of sp³-hybridized carbons (Fsp3) is 0.235. The number of aromatic nitrogens is 7. The number of aromatic amines is 1. The van der Waals surface area contributed by atoms with Crippen LogP contribution >= 0.6 is 11.3 Å². The van der Waals surface area contributed by atoms with E-state index in [4.69, 9.17) is 9.40 Å². The Morgan fingerprint density at radius 2 is 2.22 bits per heavy atom. The van der Waals surface area contributed by atoms with Crippen LogP contribution in [0.25, 0.3) is 21.3 Å². The number of hydrogen-bond donors (Lipinski definition) is 1. The number of rotatable bonds is 4. The second-order valence-corrected chi connectivity index (χ2v) is 7.39. The maximum Gasteiger partial charge on any atom is 0.291 e. The average Bonchev–Trinajstić information content (AvgIpc) is 3.40. The van der Waals surface area contributed by atoms with Gasteiger partial charge in [-0.25, -0.2) is 14.6 Å².